The minimum atomic E-state index is -1.24. The smallest absolute Gasteiger partial charge is 0.251 e. The zero-order valence-electron chi connectivity index (χ0n) is 15.4. The molecule has 0 aromatic heterocycles. The molecule has 2 amide bonds. The van der Waals surface area contributed by atoms with Crippen LogP contribution in [0.25, 0.3) is 0 Å². The number of ether oxygens (including phenoxy) is 1. The molecule has 1 aromatic carbocycles. The summed E-state index contributed by atoms with van der Waals surface area (Å²) in [6, 6.07) is 5.20. The third kappa shape index (κ3) is 6.24. The van der Waals surface area contributed by atoms with Crippen molar-refractivity contribution in [2.24, 2.45) is 0 Å². The molecule has 0 saturated carbocycles. The minimum absolute atomic E-state index is 0.0771. The van der Waals surface area contributed by atoms with Gasteiger partial charge in [0, 0.05) is 25.2 Å². The van der Waals surface area contributed by atoms with Gasteiger partial charge in [-0.25, -0.2) is 4.39 Å². The Morgan fingerprint density at radius 1 is 1.19 bits per heavy atom. The maximum atomic E-state index is 13.2. The third-order valence-corrected chi connectivity index (χ3v) is 4.28. The zero-order chi connectivity index (χ0) is 20.0. The number of likely N-dealkylation sites (N-methyl/N-ethyl adjacent to an activating group) is 1. The highest BCUT2D eigenvalue weighted by molar-refractivity contribution is 5.94. The molecule has 1 heterocycles. The molecule has 1 aliphatic rings. The van der Waals surface area contributed by atoms with Crippen LogP contribution in [0, 0.1) is 5.82 Å². The van der Waals surface area contributed by atoms with Gasteiger partial charge in [0.25, 0.3) is 5.91 Å². The number of hydrogen-bond donors (Lipinski definition) is 4. The number of amides is 2. The number of hydrogen-bond acceptors (Lipinski definition) is 6. The van der Waals surface area contributed by atoms with Gasteiger partial charge in [0.15, 0.2) is 0 Å². The van der Waals surface area contributed by atoms with Crippen LogP contribution in [0.15, 0.2) is 24.3 Å². The Morgan fingerprint density at radius 3 is 2.56 bits per heavy atom. The molecular weight excluding hydrogens is 357 g/mol. The normalized spacial score (nSPS) is 24.8. The first-order chi connectivity index (χ1) is 12.8. The van der Waals surface area contributed by atoms with Gasteiger partial charge < -0.3 is 30.5 Å². The molecule has 1 aliphatic heterocycles. The molecule has 150 valence electrons. The second-order valence-corrected chi connectivity index (χ2v) is 6.77. The van der Waals surface area contributed by atoms with E-state index in [1.54, 1.807) is 0 Å². The lowest BCUT2D eigenvalue weighted by molar-refractivity contribution is -0.125. The summed E-state index contributed by atoms with van der Waals surface area (Å²) in [7, 11) is 3.77. The molecule has 4 atom stereocenters. The predicted molar refractivity (Wildman–Crippen MR) is 95.6 cm³/mol. The molecule has 4 N–H and O–H groups in total. The Hall–Kier alpha value is -2.07. The lowest BCUT2D eigenvalue weighted by Crippen LogP contribution is -2.40. The van der Waals surface area contributed by atoms with Gasteiger partial charge in [-0.2, -0.15) is 0 Å². The fraction of sp³-hybridized carbons (Fsp3) is 0.556. The highest BCUT2D eigenvalue weighted by atomic mass is 19.1. The van der Waals surface area contributed by atoms with Crippen LogP contribution in [-0.4, -0.2) is 85.1 Å². The maximum Gasteiger partial charge on any atom is 0.251 e. The first-order valence-corrected chi connectivity index (χ1v) is 8.74. The first-order valence-electron chi connectivity index (χ1n) is 8.74. The highest BCUT2D eigenvalue weighted by Crippen LogP contribution is 2.23. The van der Waals surface area contributed by atoms with Crippen LogP contribution in [0.1, 0.15) is 16.8 Å². The summed E-state index contributed by atoms with van der Waals surface area (Å²) in [5, 5.41) is 25.4. The van der Waals surface area contributed by atoms with E-state index < -0.39 is 36.1 Å². The SMILES string of the molecule is CN(C)CCNC(=O)C[C@@H]1O[C@H](CNC(=O)c2cccc(F)c2)[C@@H](O)[C@@H]1O. The van der Waals surface area contributed by atoms with E-state index in [0.717, 1.165) is 6.07 Å². The monoisotopic (exact) mass is 383 g/mol. The number of carbonyl (C=O) groups excluding carboxylic acids is 2. The zero-order valence-corrected chi connectivity index (χ0v) is 15.4. The van der Waals surface area contributed by atoms with Crippen LogP contribution in [0.3, 0.4) is 0 Å². The molecule has 0 aliphatic carbocycles. The van der Waals surface area contributed by atoms with Crippen LogP contribution in [0.4, 0.5) is 4.39 Å². The number of nitrogens with zero attached hydrogens (tertiary/aromatic N) is 1. The van der Waals surface area contributed by atoms with Crippen molar-refractivity contribution < 1.29 is 28.9 Å². The number of benzene rings is 1. The Balaban J connectivity index is 1.81. The fourth-order valence-corrected chi connectivity index (χ4v) is 2.76. The molecule has 0 unspecified atom stereocenters. The summed E-state index contributed by atoms with van der Waals surface area (Å²) in [5.74, 6) is -1.35. The van der Waals surface area contributed by atoms with Gasteiger partial charge >= 0.3 is 0 Å². The van der Waals surface area contributed by atoms with E-state index in [0.29, 0.717) is 13.1 Å². The van der Waals surface area contributed by atoms with Crippen molar-refractivity contribution in [2.75, 3.05) is 33.7 Å². The third-order valence-electron chi connectivity index (χ3n) is 4.28. The molecule has 9 heteroatoms. The van der Waals surface area contributed by atoms with E-state index in [2.05, 4.69) is 10.6 Å². The fourth-order valence-electron chi connectivity index (χ4n) is 2.76. The van der Waals surface area contributed by atoms with Crippen LogP contribution < -0.4 is 10.6 Å². The van der Waals surface area contributed by atoms with Gasteiger partial charge in [-0.3, -0.25) is 9.59 Å². The highest BCUT2D eigenvalue weighted by Gasteiger charge is 2.43. The summed E-state index contributed by atoms with van der Waals surface area (Å²) >= 11 is 0. The van der Waals surface area contributed by atoms with Gasteiger partial charge in [-0.1, -0.05) is 6.07 Å². The van der Waals surface area contributed by atoms with Crippen LogP contribution in [0.5, 0.6) is 0 Å². The second kappa shape index (κ2) is 9.75. The number of aliphatic hydroxyl groups is 2. The Morgan fingerprint density at radius 2 is 1.89 bits per heavy atom. The van der Waals surface area contributed by atoms with Crippen LogP contribution >= 0.6 is 0 Å². The topological polar surface area (TPSA) is 111 Å². The van der Waals surface area contributed by atoms with E-state index in [9.17, 15) is 24.2 Å². The molecule has 1 fully saturated rings. The van der Waals surface area contributed by atoms with Crippen molar-refractivity contribution in [2.45, 2.75) is 30.8 Å². The van der Waals surface area contributed by atoms with Gasteiger partial charge in [-0.15, -0.1) is 0 Å². The van der Waals surface area contributed by atoms with Gasteiger partial charge in [0.05, 0.1) is 12.5 Å². The van der Waals surface area contributed by atoms with Crippen molar-refractivity contribution in [3.63, 3.8) is 0 Å². The maximum absolute atomic E-state index is 13.2. The number of halogens is 1. The van der Waals surface area contributed by atoms with Gasteiger partial charge in [0.2, 0.25) is 5.91 Å². The molecule has 1 saturated heterocycles. The van der Waals surface area contributed by atoms with E-state index in [1.807, 2.05) is 19.0 Å². The van der Waals surface area contributed by atoms with E-state index in [1.165, 1.54) is 18.2 Å². The quantitative estimate of drug-likeness (QED) is 0.464. The lowest BCUT2D eigenvalue weighted by Gasteiger charge is -2.15. The van der Waals surface area contributed by atoms with Crippen molar-refractivity contribution in [1.29, 1.82) is 0 Å². The number of carbonyl (C=O) groups is 2. The molecule has 27 heavy (non-hydrogen) atoms. The summed E-state index contributed by atoms with van der Waals surface area (Å²) in [6.07, 6.45) is -4.30. The number of nitrogens with one attached hydrogen (secondary N) is 2. The van der Waals surface area contributed by atoms with Crippen LogP contribution in [-0.2, 0) is 9.53 Å². The molecular formula is C18H26FN3O5. The van der Waals surface area contributed by atoms with Crippen molar-refractivity contribution in [3.05, 3.63) is 35.6 Å². The van der Waals surface area contributed by atoms with Crippen LogP contribution in [0.2, 0.25) is 0 Å². The number of aliphatic hydroxyl groups excluding tert-OH is 2. The summed E-state index contributed by atoms with van der Waals surface area (Å²) in [4.78, 5) is 25.9. The Kier molecular flexibility index (Phi) is 7.66. The summed E-state index contributed by atoms with van der Waals surface area (Å²) in [6.45, 7) is 1.06. The average molecular weight is 383 g/mol. The van der Waals surface area contributed by atoms with E-state index >= 15 is 0 Å². The van der Waals surface area contributed by atoms with Gasteiger partial charge in [0.1, 0.15) is 24.1 Å². The standard InChI is InChI=1S/C18H26FN3O5/c1-22(2)7-6-20-15(23)9-13-16(24)17(25)14(27-13)10-21-18(26)11-4-3-5-12(19)8-11/h3-5,8,13-14,16-17,24-25H,6-7,9-10H2,1-2H3,(H,20,23)(H,21,26)/t13-,14+,16+,17+/m0/s1. The minimum Gasteiger partial charge on any atom is -0.388 e. The summed E-state index contributed by atoms with van der Waals surface area (Å²) < 4.78 is 18.7. The first kappa shape index (κ1) is 21.2. The average Bonchev–Trinajstić information content (AvgIpc) is 2.87. The van der Waals surface area contributed by atoms with Crippen molar-refractivity contribution >= 4 is 11.8 Å². The lowest BCUT2D eigenvalue weighted by atomic mass is 10.1. The molecule has 8 nitrogen and oxygen atoms in total. The number of rotatable bonds is 8. The second-order valence-electron chi connectivity index (χ2n) is 6.77. The van der Waals surface area contributed by atoms with Gasteiger partial charge in [-0.05, 0) is 32.3 Å². The molecule has 2 rings (SSSR count). The summed E-state index contributed by atoms with van der Waals surface area (Å²) in [5.41, 5.74) is 0.139. The largest absolute Gasteiger partial charge is 0.388 e. The molecule has 0 bridgehead atoms. The Bertz CT molecular complexity index is 658. The molecule has 0 radical (unpaired) electrons. The van der Waals surface area contributed by atoms with E-state index in [-0.39, 0.29) is 24.4 Å². The van der Waals surface area contributed by atoms with E-state index in [4.69, 9.17) is 4.74 Å². The Labute approximate surface area is 157 Å². The van der Waals surface area contributed by atoms with Crippen molar-refractivity contribution in [3.8, 4) is 0 Å². The van der Waals surface area contributed by atoms with Crippen molar-refractivity contribution in [1.82, 2.24) is 15.5 Å². The molecule has 1 aromatic rings. The predicted octanol–water partition coefficient (Wildman–Crippen LogP) is -0.887. The molecule has 0 spiro atoms.